The van der Waals surface area contributed by atoms with Crippen molar-refractivity contribution in [2.24, 2.45) is 0 Å². The minimum Gasteiger partial charge on any atom is -0.367 e. The van der Waals surface area contributed by atoms with Crippen molar-refractivity contribution < 1.29 is 4.39 Å². The lowest BCUT2D eigenvalue weighted by Gasteiger charge is -2.11. The summed E-state index contributed by atoms with van der Waals surface area (Å²) in [4.78, 5) is 8.97. The number of aromatic nitrogens is 3. The van der Waals surface area contributed by atoms with Gasteiger partial charge in [0.15, 0.2) is 5.65 Å². The van der Waals surface area contributed by atoms with Crippen molar-refractivity contribution in [1.82, 2.24) is 14.5 Å². The number of hydrogen-bond donors (Lipinski definition) is 1. The molecule has 4 nitrogen and oxygen atoms in total. The number of halogens is 1. The maximum absolute atomic E-state index is 13.3. The standard InChI is InChI=1S/C21H19FN4/c1-14(2)25-20-19-18(15-6-4-3-5-7-15)12-26(21(19)24-13-23-20)17-10-8-16(22)9-11-17/h3-14H,1-2H3,(H,23,24,25). The Hall–Kier alpha value is -3.21. The van der Waals surface area contributed by atoms with E-state index in [4.69, 9.17) is 0 Å². The predicted octanol–water partition coefficient (Wildman–Crippen LogP) is 5.05. The molecule has 5 heteroatoms. The normalized spacial score (nSPS) is 11.2. The molecule has 0 fully saturated rings. The van der Waals surface area contributed by atoms with Crippen LogP contribution in [0.1, 0.15) is 13.8 Å². The molecule has 2 heterocycles. The Bertz CT molecular complexity index is 1040. The molecule has 2 aromatic heterocycles. The highest BCUT2D eigenvalue weighted by Crippen LogP contribution is 2.35. The molecule has 0 spiro atoms. The van der Waals surface area contributed by atoms with E-state index in [0.717, 1.165) is 33.7 Å². The maximum atomic E-state index is 13.3. The highest BCUT2D eigenvalue weighted by Gasteiger charge is 2.17. The average molecular weight is 346 g/mol. The van der Waals surface area contributed by atoms with Gasteiger partial charge in [-0.15, -0.1) is 0 Å². The van der Waals surface area contributed by atoms with Crippen molar-refractivity contribution in [3.8, 4) is 16.8 Å². The van der Waals surface area contributed by atoms with Gasteiger partial charge in [-0.25, -0.2) is 14.4 Å². The summed E-state index contributed by atoms with van der Waals surface area (Å²) in [5.41, 5.74) is 3.76. The molecule has 26 heavy (non-hydrogen) atoms. The molecule has 0 atom stereocenters. The molecule has 0 aliphatic carbocycles. The number of anilines is 1. The number of benzene rings is 2. The van der Waals surface area contributed by atoms with Crippen LogP contribution < -0.4 is 5.32 Å². The summed E-state index contributed by atoms with van der Waals surface area (Å²) in [6.07, 6.45) is 3.59. The van der Waals surface area contributed by atoms with Gasteiger partial charge in [-0.3, -0.25) is 0 Å². The van der Waals surface area contributed by atoms with Gasteiger partial charge in [0.1, 0.15) is 18.0 Å². The first-order valence-corrected chi connectivity index (χ1v) is 8.57. The van der Waals surface area contributed by atoms with Crippen LogP contribution in [0.4, 0.5) is 10.2 Å². The summed E-state index contributed by atoms with van der Waals surface area (Å²) >= 11 is 0. The number of nitrogens with zero attached hydrogens (tertiary/aromatic N) is 3. The molecule has 1 N–H and O–H groups in total. The lowest BCUT2D eigenvalue weighted by Crippen LogP contribution is -2.11. The molecule has 0 unspecified atom stereocenters. The molecule has 0 radical (unpaired) electrons. The Balaban J connectivity index is 2.01. The zero-order chi connectivity index (χ0) is 18.1. The largest absolute Gasteiger partial charge is 0.367 e. The van der Waals surface area contributed by atoms with Crippen molar-refractivity contribution in [3.05, 3.63) is 72.9 Å². The van der Waals surface area contributed by atoms with Crippen molar-refractivity contribution >= 4 is 16.9 Å². The smallest absolute Gasteiger partial charge is 0.150 e. The van der Waals surface area contributed by atoms with E-state index in [0.29, 0.717) is 0 Å². The third kappa shape index (κ3) is 2.92. The Kier molecular flexibility index (Phi) is 4.13. The molecule has 0 aliphatic rings. The van der Waals surface area contributed by atoms with E-state index in [2.05, 4.69) is 41.3 Å². The van der Waals surface area contributed by atoms with Gasteiger partial charge in [0.05, 0.1) is 5.39 Å². The topological polar surface area (TPSA) is 42.7 Å². The number of fused-ring (bicyclic) bond motifs is 1. The van der Waals surface area contributed by atoms with Crippen LogP contribution in [0.25, 0.3) is 27.8 Å². The molecule has 4 aromatic rings. The first-order valence-electron chi connectivity index (χ1n) is 8.57. The molecule has 2 aromatic carbocycles. The molecular formula is C21H19FN4. The van der Waals surface area contributed by atoms with E-state index in [1.54, 1.807) is 18.5 Å². The first-order chi connectivity index (χ1) is 12.6. The van der Waals surface area contributed by atoms with Crippen LogP contribution in [0.5, 0.6) is 0 Å². The van der Waals surface area contributed by atoms with Crippen LogP contribution in [0, 0.1) is 5.82 Å². The van der Waals surface area contributed by atoms with E-state index in [1.807, 2.05) is 29.0 Å². The zero-order valence-corrected chi connectivity index (χ0v) is 14.6. The lowest BCUT2D eigenvalue weighted by molar-refractivity contribution is 0.627. The van der Waals surface area contributed by atoms with E-state index in [1.165, 1.54) is 12.1 Å². The Morgan fingerprint density at radius 1 is 0.962 bits per heavy atom. The van der Waals surface area contributed by atoms with Gasteiger partial charge in [-0.1, -0.05) is 30.3 Å². The predicted molar refractivity (Wildman–Crippen MR) is 103 cm³/mol. The number of nitrogens with one attached hydrogen (secondary N) is 1. The van der Waals surface area contributed by atoms with Crippen molar-refractivity contribution in [2.45, 2.75) is 19.9 Å². The van der Waals surface area contributed by atoms with Gasteiger partial charge in [-0.2, -0.15) is 0 Å². The second kappa shape index (κ2) is 6.59. The fraction of sp³-hybridized carbons (Fsp3) is 0.143. The highest BCUT2D eigenvalue weighted by atomic mass is 19.1. The van der Waals surface area contributed by atoms with Crippen molar-refractivity contribution in [1.29, 1.82) is 0 Å². The fourth-order valence-corrected chi connectivity index (χ4v) is 3.08. The summed E-state index contributed by atoms with van der Waals surface area (Å²) in [6, 6.07) is 16.8. The second-order valence-corrected chi connectivity index (χ2v) is 6.48. The van der Waals surface area contributed by atoms with E-state index in [-0.39, 0.29) is 11.9 Å². The molecule has 0 amide bonds. The van der Waals surface area contributed by atoms with Crippen LogP contribution >= 0.6 is 0 Å². The first kappa shape index (κ1) is 16.3. The van der Waals surface area contributed by atoms with Gasteiger partial charge >= 0.3 is 0 Å². The molecule has 0 aliphatic heterocycles. The van der Waals surface area contributed by atoms with Crippen molar-refractivity contribution in [3.63, 3.8) is 0 Å². The minimum absolute atomic E-state index is 0.242. The number of hydrogen-bond acceptors (Lipinski definition) is 3. The van der Waals surface area contributed by atoms with Crippen LogP contribution in [0.2, 0.25) is 0 Å². The molecule has 4 rings (SSSR count). The van der Waals surface area contributed by atoms with Crippen LogP contribution in [0.3, 0.4) is 0 Å². The zero-order valence-electron chi connectivity index (χ0n) is 14.6. The number of rotatable bonds is 4. The Morgan fingerprint density at radius 2 is 1.69 bits per heavy atom. The summed E-state index contributed by atoms with van der Waals surface area (Å²) in [7, 11) is 0. The third-order valence-electron chi connectivity index (χ3n) is 4.20. The molecule has 130 valence electrons. The molecular weight excluding hydrogens is 327 g/mol. The van der Waals surface area contributed by atoms with Gasteiger partial charge in [0, 0.05) is 23.5 Å². The third-order valence-corrected chi connectivity index (χ3v) is 4.20. The second-order valence-electron chi connectivity index (χ2n) is 6.48. The summed E-state index contributed by atoms with van der Waals surface area (Å²) < 4.78 is 15.3. The maximum Gasteiger partial charge on any atom is 0.150 e. The molecule has 0 saturated heterocycles. The lowest BCUT2D eigenvalue weighted by atomic mass is 10.1. The van der Waals surface area contributed by atoms with Crippen LogP contribution in [-0.4, -0.2) is 20.6 Å². The minimum atomic E-state index is -0.259. The van der Waals surface area contributed by atoms with Crippen molar-refractivity contribution in [2.75, 3.05) is 5.32 Å². The van der Waals surface area contributed by atoms with Gasteiger partial charge in [0.2, 0.25) is 0 Å². The summed E-state index contributed by atoms with van der Waals surface area (Å²) in [5, 5.41) is 4.36. The Morgan fingerprint density at radius 3 is 2.38 bits per heavy atom. The van der Waals surface area contributed by atoms with Crippen LogP contribution in [-0.2, 0) is 0 Å². The SMILES string of the molecule is CC(C)Nc1ncnc2c1c(-c1ccccc1)cn2-c1ccc(F)cc1. The quantitative estimate of drug-likeness (QED) is 0.562. The summed E-state index contributed by atoms with van der Waals surface area (Å²) in [6.45, 7) is 4.15. The van der Waals surface area contributed by atoms with E-state index >= 15 is 0 Å². The van der Waals surface area contributed by atoms with Gasteiger partial charge < -0.3 is 9.88 Å². The van der Waals surface area contributed by atoms with E-state index < -0.39 is 0 Å². The summed E-state index contributed by atoms with van der Waals surface area (Å²) in [5.74, 6) is 0.537. The van der Waals surface area contributed by atoms with Gasteiger partial charge in [0.25, 0.3) is 0 Å². The van der Waals surface area contributed by atoms with Gasteiger partial charge in [-0.05, 0) is 43.7 Å². The molecule has 0 saturated carbocycles. The Labute approximate surface area is 151 Å². The van der Waals surface area contributed by atoms with Crippen LogP contribution in [0.15, 0.2) is 67.1 Å². The highest BCUT2D eigenvalue weighted by molar-refractivity contribution is 6.02. The van der Waals surface area contributed by atoms with E-state index in [9.17, 15) is 4.39 Å². The monoisotopic (exact) mass is 346 g/mol. The average Bonchev–Trinajstić information content (AvgIpc) is 3.03. The molecule has 0 bridgehead atoms. The fourth-order valence-electron chi connectivity index (χ4n) is 3.08.